The molecule has 0 aliphatic rings. The highest BCUT2D eigenvalue weighted by Crippen LogP contribution is 2.26. The number of halogens is 4. The second-order valence-corrected chi connectivity index (χ2v) is 2.84. The van der Waals surface area contributed by atoms with E-state index in [1.54, 1.807) is 0 Å². The molecule has 0 aliphatic carbocycles. The van der Waals surface area contributed by atoms with Gasteiger partial charge in [0.15, 0.2) is 0 Å². The lowest BCUT2D eigenvalue weighted by molar-refractivity contribution is -0.0497. The minimum absolute atomic E-state index is 0. The van der Waals surface area contributed by atoms with Crippen molar-refractivity contribution in [3.63, 3.8) is 0 Å². The molecule has 84 valence electrons. The SMILES string of the molecule is Cl.N=C(N)c1ccc(OC(F)F)c(Cl)c1. The number of rotatable bonds is 3. The van der Waals surface area contributed by atoms with E-state index in [4.69, 9.17) is 22.7 Å². The lowest BCUT2D eigenvalue weighted by Gasteiger charge is -2.07. The van der Waals surface area contributed by atoms with Crippen molar-refractivity contribution in [3.8, 4) is 5.75 Å². The van der Waals surface area contributed by atoms with Crippen LogP contribution in [0.3, 0.4) is 0 Å². The van der Waals surface area contributed by atoms with Gasteiger partial charge in [-0.2, -0.15) is 8.78 Å². The predicted octanol–water partition coefficient (Wildman–Crippen LogP) is 2.65. The van der Waals surface area contributed by atoms with Gasteiger partial charge in [0.05, 0.1) is 5.02 Å². The molecule has 0 saturated carbocycles. The van der Waals surface area contributed by atoms with Crippen LogP contribution < -0.4 is 10.5 Å². The molecular weight excluding hydrogens is 249 g/mol. The number of ether oxygens (including phenoxy) is 1. The fraction of sp³-hybridized carbons (Fsp3) is 0.125. The summed E-state index contributed by atoms with van der Waals surface area (Å²) >= 11 is 5.61. The molecule has 1 aromatic rings. The van der Waals surface area contributed by atoms with E-state index in [1.165, 1.54) is 18.2 Å². The minimum atomic E-state index is -2.92. The lowest BCUT2D eigenvalue weighted by Crippen LogP contribution is -2.11. The molecule has 0 amide bonds. The topological polar surface area (TPSA) is 59.1 Å². The molecule has 0 atom stereocenters. The van der Waals surface area contributed by atoms with Crippen molar-refractivity contribution in [2.45, 2.75) is 6.61 Å². The maximum atomic E-state index is 11.8. The average Bonchev–Trinajstić information content (AvgIpc) is 2.07. The van der Waals surface area contributed by atoms with Gasteiger partial charge in [0, 0.05) is 5.56 Å². The van der Waals surface area contributed by atoms with Crippen LogP contribution in [0.15, 0.2) is 18.2 Å². The zero-order valence-electron chi connectivity index (χ0n) is 7.34. The van der Waals surface area contributed by atoms with Gasteiger partial charge >= 0.3 is 6.61 Å². The molecule has 0 fully saturated rings. The molecule has 15 heavy (non-hydrogen) atoms. The van der Waals surface area contributed by atoms with Gasteiger partial charge in [0.1, 0.15) is 11.6 Å². The van der Waals surface area contributed by atoms with E-state index in [9.17, 15) is 8.78 Å². The summed E-state index contributed by atoms with van der Waals surface area (Å²) in [5, 5.41) is 7.07. The first-order valence-corrected chi connectivity index (χ1v) is 3.97. The second-order valence-electron chi connectivity index (χ2n) is 2.44. The molecule has 7 heteroatoms. The third kappa shape index (κ3) is 3.89. The highest BCUT2D eigenvalue weighted by atomic mass is 35.5. The molecule has 0 aliphatic heterocycles. The van der Waals surface area contributed by atoms with Crippen LogP contribution >= 0.6 is 24.0 Å². The van der Waals surface area contributed by atoms with Crippen molar-refractivity contribution in [2.75, 3.05) is 0 Å². The summed E-state index contributed by atoms with van der Waals surface area (Å²) in [6, 6.07) is 3.92. The van der Waals surface area contributed by atoms with Gasteiger partial charge in [-0.25, -0.2) is 0 Å². The van der Waals surface area contributed by atoms with E-state index in [0.29, 0.717) is 5.56 Å². The van der Waals surface area contributed by atoms with E-state index < -0.39 is 6.61 Å². The Morgan fingerprint density at radius 2 is 2.07 bits per heavy atom. The Morgan fingerprint density at radius 3 is 2.47 bits per heavy atom. The Kier molecular flexibility index (Phi) is 5.32. The third-order valence-electron chi connectivity index (χ3n) is 1.46. The molecule has 3 N–H and O–H groups in total. The van der Waals surface area contributed by atoms with Crippen molar-refractivity contribution >= 4 is 29.8 Å². The van der Waals surface area contributed by atoms with Crippen LogP contribution in [0.5, 0.6) is 5.75 Å². The summed E-state index contributed by atoms with van der Waals surface area (Å²) in [5.41, 5.74) is 5.53. The Bertz CT molecular complexity index is 360. The van der Waals surface area contributed by atoms with Gasteiger partial charge in [-0.3, -0.25) is 5.41 Å². The van der Waals surface area contributed by atoms with Gasteiger partial charge in [-0.05, 0) is 18.2 Å². The van der Waals surface area contributed by atoms with Crippen LogP contribution in [0, 0.1) is 5.41 Å². The molecule has 3 nitrogen and oxygen atoms in total. The van der Waals surface area contributed by atoms with E-state index in [2.05, 4.69) is 4.74 Å². The van der Waals surface area contributed by atoms with Gasteiger partial charge in [0.2, 0.25) is 0 Å². The number of benzene rings is 1. The fourth-order valence-corrected chi connectivity index (χ4v) is 1.09. The third-order valence-corrected chi connectivity index (χ3v) is 1.75. The summed E-state index contributed by atoms with van der Waals surface area (Å²) in [6.45, 7) is -2.92. The van der Waals surface area contributed by atoms with Crippen molar-refractivity contribution in [3.05, 3.63) is 28.8 Å². The van der Waals surface area contributed by atoms with Crippen molar-refractivity contribution < 1.29 is 13.5 Å². The van der Waals surface area contributed by atoms with Gasteiger partial charge < -0.3 is 10.5 Å². The molecule has 1 aromatic carbocycles. The lowest BCUT2D eigenvalue weighted by atomic mass is 10.2. The van der Waals surface area contributed by atoms with E-state index in [1.807, 2.05) is 0 Å². The Morgan fingerprint density at radius 1 is 1.47 bits per heavy atom. The fourth-order valence-electron chi connectivity index (χ4n) is 0.860. The highest BCUT2D eigenvalue weighted by Gasteiger charge is 2.09. The summed E-state index contributed by atoms with van der Waals surface area (Å²) in [4.78, 5) is 0. The molecule has 0 radical (unpaired) electrons. The second kappa shape index (κ2) is 5.72. The number of hydrogen-bond donors (Lipinski definition) is 2. The Labute approximate surface area is 96.1 Å². The first kappa shape index (κ1) is 13.9. The Balaban J connectivity index is 0.00000196. The van der Waals surface area contributed by atoms with Crippen LogP contribution in [0.2, 0.25) is 5.02 Å². The summed E-state index contributed by atoms with van der Waals surface area (Å²) in [7, 11) is 0. The Hall–Kier alpha value is -1.07. The molecule has 0 spiro atoms. The molecular formula is C8H8Cl2F2N2O. The van der Waals surface area contributed by atoms with Crippen LogP contribution in [-0.2, 0) is 0 Å². The first-order valence-electron chi connectivity index (χ1n) is 3.59. The number of nitrogens with one attached hydrogen (secondary N) is 1. The normalized spacial score (nSPS) is 9.60. The van der Waals surface area contributed by atoms with Gasteiger partial charge in [0.25, 0.3) is 0 Å². The van der Waals surface area contributed by atoms with Crippen LogP contribution in [0.1, 0.15) is 5.56 Å². The van der Waals surface area contributed by atoms with Gasteiger partial charge in [-0.1, -0.05) is 11.6 Å². The van der Waals surface area contributed by atoms with Crippen molar-refractivity contribution in [1.29, 1.82) is 5.41 Å². The molecule has 1 rings (SSSR count). The van der Waals surface area contributed by atoms with Crippen molar-refractivity contribution in [2.24, 2.45) is 5.73 Å². The van der Waals surface area contributed by atoms with E-state index in [-0.39, 0.29) is 29.0 Å². The van der Waals surface area contributed by atoms with Crippen molar-refractivity contribution in [1.82, 2.24) is 0 Å². The first-order chi connectivity index (χ1) is 6.50. The van der Waals surface area contributed by atoms with Crippen LogP contribution in [-0.4, -0.2) is 12.4 Å². The molecule has 0 saturated heterocycles. The molecule has 0 unspecified atom stereocenters. The van der Waals surface area contributed by atoms with Crippen LogP contribution in [0.25, 0.3) is 0 Å². The van der Waals surface area contributed by atoms with Crippen LogP contribution in [0.4, 0.5) is 8.78 Å². The summed E-state index contributed by atoms with van der Waals surface area (Å²) < 4.78 is 27.7. The zero-order chi connectivity index (χ0) is 10.7. The molecule has 0 bridgehead atoms. The maximum Gasteiger partial charge on any atom is 0.387 e. The standard InChI is InChI=1S/C8H7ClF2N2O.ClH/c9-5-3-4(7(12)13)1-2-6(5)14-8(10)11;/h1-3,8H,(H3,12,13);1H. The molecule has 0 heterocycles. The zero-order valence-corrected chi connectivity index (χ0v) is 8.91. The number of amidine groups is 1. The highest BCUT2D eigenvalue weighted by molar-refractivity contribution is 6.32. The quantitative estimate of drug-likeness (QED) is 0.646. The van der Waals surface area contributed by atoms with E-state index in [0.717, 1.165) is 0 Å². The summed E-state index contributed by atoms with van der Waals surface area (Å²) in [5.74, 6) is -0.317. The average molecular weight is 257 g/mol. The largest absolute Gasteiger partial charge is 0.433 e. The summed E-state index contributed by atoms with van der Waals surface area (Å²) in [6.07, 6.45) is 0. The van der Waals surface area contributed by atoms with Gasteiger partial charge in [-0.15, -0.1) is 12.4 Å². The monoisotopic (exact) mass is 256 g/mol. The number of alkyl halides is 2. The smallest absolute Gasteiger partial charge is 0.387 e. The maximum absolute atomic E-state index is 11.8. The minimum Gasteiger partial charge on any atom is -0.433 e. The molecule has 0 aromatic heterocycles. The van der Waals surface area contributed by atoms with E-state index >= 15 is 0 Å². The number of nitrogen functional groups attached to an aromatic ring is 1. The number of hydrogen-bond acceptors (Lipinski definition) is 2. The number of nitrogens with two attached hydrogens (primary N) is 1. The predicted molar refractivity (Wildman–Crippen MR) is 56.3 cm³/mol.